The molecule has 2 rings (SSSR count). The maximum atomic E-state index is 12.0. The van der Waals surface area contributed by atoms with Crippen molar-refractivity contribution in [1.82, 2.24) is 9.78 Å². The summed E-state index contributed by atoms with van der Waals surface area (Å²) < 4.78 is 33.0. The number of benzene rings is 1. The van der Waals surface area contributed by atoms with Crippen LogP contribution in [0.5, 0.6) is 0 Å². The predicted molar refractivity (Wildman–Crippen MR) is 81.9 cm³/mol. The second kappa shape index (κ2) is 6.59. The molecule has 0 unspecified atom stereocenters. The maximum absolute atomic E-state index is 12.0. The van der Waals surface area contributed by atoms with E-state index in [0.717, 1.165) is 5.69 Å². The molecule has 0 saturated carbocycles. The zero-order chi connectivity index (χ0) is 15.3. The van der Waals surface area contributed by atoms with Crippen molar-refractivity contribution in [3.8, 4) is 5.69 Å². The van der Waals surface area contributed by atoms with Gasteiger partial charge in [0.1, 0.15) is 5.82 Å². The lowest BCUT2D eigenvalue weighted by Gasteiger charge is -2.10. The van der Waals surface area contributed by atoms with Gasteiger partial charge in [-0.25, -0.2) is 13.1 Å². The fourth-order valence-corrected chi connectivity index (χ4v) is 2.64. The maximum Gasteiger partial charge on any atom is 0.236 e. The van der Waals surface area contributed by atoms with Crippen molar-refractivity contribution < 1.29 is 13.2 Å². The first-order chi connectivity index (χ1) is 10.0. The Hall–Kier alpha value is -2.06. The number of nitrogens with two attached hydrogens (primary N) is 1. The molecule has 0 bridgehead atoms. The second-order valence-corrected chi connectivity index (χ2v) is 6.18. The highest BCUT2D eigenvalue weighted by Gasteiger charge is 2.14. The van der Waals surface area contributed by atoms with Gasteiger partial charge >= 0.3 is 0 Å². The number of hydrogen-bond acceptors (Lipinski definition) is 5. The summed E-state index contributed by atoms with van der Waals surface area (Å²) in [6.45, 7) is 2.46. The fourth-order valence-electron chi connectivity index (χ4n) is 1.73. The normalized spacial score (nSPS) is 11.5. The third kappa shape index (κ3) is 4.20. The zero-order valence-corrected chi connectivity index (χ0v) is 12.5. The van der Waals surface area contributed by atoms with Crippen LogP contribution in [0, 0.1) is 0 Å². The van der Waals surface area contributed by atoms with Crippen LogP contribution < -0.4 is 10.5 Å². The molecule has 3 N–H and O–H groups in total. The van der Waals surface area contributed by atoms with Gasteiger partial charge in [0.25, 0.3) is 0 Å². The third-order valence-electron chi connectivity index (χ3n) is 2.74. The summed E-state index contributed by atoms with van der Waals surface area (Å²) >= 11 is 0. The lowest BCUT2D eigenvalue weighted by atomic mass is 10.3. The molecule has 0 amide bonds. The van der Waals surface area contributed by atoms with E-state index in [4.69, 9.17) is 10.5 Å². The van der Waals surface area contributed by atoms with Crippen LogP contribution in [-0.4, -0.2) is 37.2 Å². The van der Waals surface area contributed by atoms with Crippen LogP contribution in [-0.2, 0) is 14.8 Å². The number of ether oxygens (including phenoxy) is 1. The van der Waals surface area contributed by atoms with Gasteiger partial charge in [0.05, 0.1) is 24.2 Å². The lowest BCUT2D eigenvalue weighted by Crippen LogP contribution is -2.21. The summed E-state index contributed by atoms with van der Waals surface area (Å²) in [5.74, 6) is 0.268. The van der Waals surface area contributed by atoms with Gasteiger partial charge in [-0.15, -0.1) is 0 Å². The van der Waals surface area contributed by atoms with E-state index in [9.17, 15) is 8.42 Å². The van der Waals surface area contributed by atoms with Crippen molar-refractivity contribution >= 4 is 21.5 Å². The Kier molecular flexibility index (Phi) is 4.81. The van der Waals surface area contributed by atoms with Gasteiger partial charge in [0.15, 0.2) is 0 Å². The van der Waals surface area contributed by atoms with E-state index in [-0.39, 0.29) is 12.4 Å². The molecule has 114 valence electrons. The van der Waals surface area contributed by atoms with Crippen molar-refractivity contribution in [3.05, 3.63) is 36.5 Å². The minimum atomic E-state index is -3.48. The molecule has 0 atom stereocenters. The molecule has 2 aromatic rings. The summed E-state index contributed by atoms with van der Waals surface area (Å²) in [6, 6.07) is 8.57. The van der Waals surface area contributed by atoms with Crippen LogP contribution >= 0.6 is 0 Å². The smallest absolute Gasteiger partial charge is 0.236 e. The summed E-state index contributed by atoms with van der Waals surface area (Å²) in [7, 11) is -3.48. The highest BCUT2D eigenvalue weighted by atomic mass is 32.2. The monoisotopic (exact) mass is 310 g/mol. The highest BCUT2D eigenvalue weighted by Crippen LogP contribution is 2.17. The first-order valence-corrected chi connectivity index (χ1v) is 8.15. The minimum Gasteiger partial charge on any atom is -0.399 e. The van der Waals surface area contributed by atoms with E-state index >= 15 is 0 Å². The molecule has 0 aliphatic carbocycles. The van der Waals surface area contributed by atoms with Crippen LogP contribution in [0.3, 0.4) is 0 Å². The van der Waals surface area contributed by atoms with Gasteiger partial charge in [-0.1, -0.05) is 0 Å². The Morgan fingerprint density at radius 2 is 2.00 bits per heavy atom. The van der Waals surface area contributed by atoms with Crippen LogP contribution in [0.2, 0.25) is 0 Å². The summed E-state index contributed by atoms with van der Waals surface area (Å²) in [5.41, 5.74) is 6.98. The molecule has 1 heterocycles. The molecule has 0 aliphatic heterocycles. The van der Waals surface area contributed by atoms with E-state index < -0.39 is 10.0 Å². The average Bonchev–Trinajstić information content (AvgIpc) is 2.87. The highest BCUT2D eigenvalue weighted by molar-refractivity contribution is 7.92. The zero-order valence-electron chi connectivity index (χ0n) is 11.7. The molecular weight excluding hydrogens is 292 g/mol. The first kappa shape index (κ1) is 15.3. The molecule has 1 aromatic heterocycles. The van der Waals surface area contributed by atoms with E-state index in [1.54, 1.807) is 30.3 Å². The van der Waals surface area contributed by atoms with E-state index in [0.29, 0.717) is 18.1 Å². The summed E-state index contributed by atoms with van der Waals surface area (Å²) in [5, 5.41) is 4.11. The number of nitrogens with one attached hydrogen (secondary N) is 1. The second-order valence-electron chi connectivity index (χ2n) is 4.34. The quantitative estimate of drug-likeness (QED) is 0.592. The summed E-state index contributed by atoms with van der Waals surface area (Å²) in [4.78, 5) is 0. The van der Waals surface area contributed by atoms with Crippen molar-refractivity contribution in [2.45, 2.75) is 6.92 Å². The van der Waals surface area contributed by atoms with E-state index in [1.807, 2.05) is 6.92 Å². The van der Waals surface area contributed by atoms with Crippen LogP contribution in [0.4, 0.5) is 11.5 Å². The topological polar surface area (TPSA) is 99.2 Å². The van der Waals surface area contributed by atoms with Crippen LogP contribution in [0.25, 0.3) is 5.69 Å². The molecule has 8 heteroatoms. The van der Waals surface area contributed by atoms with Gasteiger partial charge in [-0.3, -0.25) is 4.72 Å². The Balaban J connectivity index is 2.15. The Labute approximate surface area is 123 Å². The van der Waals surface area contributed by atoms with Crippen LogP contribution in [0.1, 0.15) is 6.92 Å². The molecule has 7 nitrogen and oxygen atoms in total. The fraction of sp³-hybridized carbons (Fsp3) is 0.308. The minimum absolute atomic E-state index is 0.103. The number of hydrogen-bond donors (Lipinski definition) is 2. The van der Waals surface area contributed by atoms with Gasteiger partial charge < -0.3 is 10.5 Å². The molecular formula is C13H18N4O3S. The largest absolute Gasteiger partial charge is 0.399 e. The van der Waals surface area contributed by atoms with Gasteiger partial charge in [0, 0.05) is 18.4 Å². The number of anilines is 2. The van der Waals surface area contributed by atoms with Gasteiger partial charge in [-0.2, -0.15) is 5.10 Å². The standard InChI is InChI=1S/C13H18N4O3S/c1-2-20-9-10-21(18,19)16-13-7-8-15-17(13)12-5-3-11(14)4-6-12/h3-8,16H,2,9-10,14H2,1H3. The van der Waals surface area contributed by atoms with E-state index in [2.05, 4.69) is 9.82 Å². The van der Waals surface area contributed by atoms with Gasteiger partial charge in [-0.05, 0) is 31.2 Å². The van der Waals surface area contributed by atoms with E-state index in [1.165, 1.54) is 10.9 Å². The number of nitrogen functional groups attached to an aromatic ring is 1. The number of aromatic nitrogens is 2. The molecule has 0 fully saturated rings. The molecule has 0 aliphatic rings. The molecule has 21 heavy (non-hydrogen) atoms. The molecule has 1 aromatic carbocycles. The Morgan fingerprint density at radius 3 is 2.67 bits per heavy atom. The number of rotatable bonds is 7. The molecule has 0 radical (unpaired) electrons. The Bertz CT molecular complexity index is 680. The first-order valence-electron chi connectivity index (χ1n) is 6.50. The summed E-state index contributed by atoms with van der Waals surface area (Å²) in [6.07, 6.45) is 1.52. The van der Waals surface area contributed by atoms with Crippen molar-refractivity contribution in [2.24, 2.45) is 0 Å². The average molecular weight is 310 g/mol. The predicted octanol–water partition coefficient (Wildman–Crippen LogP) is 1.23. The van der Waals surface area contributed by atoms with Crippen molar-refractivity contribution in [3.63, 3.8) is 0 Å². The van der Waals surface area contributed by atoms with Gasteiger partial charge in [0.2, 0.25) is 10.0 Å². The van der Waals surface area contributed by atoms with Crippen molar-refractivity contribution in [1.29, 1.82) is 0 Å². The SMILES string of the molecule is CCOCCS(=O)(=O)Nc1ccnn1-c1ccc(N)cc1. The Morgan fingerprint density at radius 1 is 1.29 bits per heavy atom. The number of nitrogens with zero attached hydrogens (tertiary/aromatic N) is 2. The molecule has 0 saturated heterocycles. The lowest BCUT2D eigenvalue weighted by molar-refractivity contribution is 0.163. The molecule has 0 spiro atoms. The number of sulfonamides is 1. The van der Waals surface area contributed by atoms with Crippen molar-refractivity contribution in [2.75, 3.05) is 29.4 Å². The third-order valence-corrected chi connectivity index (χ3v) is 3.97. The van der Waals surface area contributed by atoms with Crippen LogP contribution in [0.15, 0.2) is 36.5 Å².